The van der Waals surface area contributed by atoms with E-state index >= 15 is 0 Å². The third kappa shape index (κ3) is 3.04. The summed E-state index contributed by atoms with van der Waals surface area (Å²) >= 11 is 0. The lowest BCUT2D eigenvalue weighted by Gasteiger charge is -2.33. The number of carboxylic acids is 1. The second kappa shape index (κ2) is 6.40. The Bertz CT molecular complexity index is 444. The Balaban J connectivity index is 2.20. The second-order valence-electron chi connectivity index (χ2n) is 5.90. The second-order valence-corrected chi connectivity index (χ2v) is 5.90. The number of ether oxygens (including phenoxy) is 1. The Hall–Kier alpha value is -1.35. The van der Waals surface area contributed by atoms with Crippen LogP contribution in [0.3, 0.4) is 0 Å². The summed E-state index contributed by atoms with van der Waals surface area (Å²) in [5, 5.41) is 9.67. The molecule has 3 nitrogen and oxygen atoms in total. The van der Waals surface area contributed by atoms with Crippen LogP contribution >= 0.6 is 0 Å². The quantitative estimate of drug-likeness (QED) is 0.894. The first-order chi connectivity index (χ1) is 9.58. The van der Waals surface area contributed by atoms with Crippen molar-refractivity contribution in [2.24, 2.45) is 0 Å². The van der Waals surface area contributed by atoms with Crippen molar-refractivity contribution in [2.75, 3.05) is 7.11 Å². The lowest BCUT2D eigenvalue weighted by atomic mass is 9.69. The average Bonchev–Trinajstić information content (AvgIpc) is 2.48. The number of aliphatic carboxylic acids is 1. The van der Waals surface area contributed by atoms with Crippen molar-refractivity contribution in [1.29, 1.82) is 0 Å². The molecule has 1 fully saturated rings. The molecule has 0 radical (unpaired) electrons. The molecule has 3 heteroatoms. The molecule has 20 heavy (non-hydrogen) atoms. The molecule has 0 aromatic heterocycles. The van der Waals surface area contributed by atoms with Crippen molar-refractivity contribution in [3.8, 4) is 0 Å². The molecule has 110 valence electrons. The maximum atomic E-state index is 11.8. The summed E-state index contributed by atoms with van der Waals surface area (Å²) in [6, 6.07) is 8.09. The van der Waals surface area contributed by atoms with Crippen LogP contribution in [0.5, 0.6) is 0 Å². The first kappa shape index (κ1) is 15.0. The van der Waals surface area contributed by atoms with Crippen molar-refractivity contribution in [3.63, 3.8) is 0 Å². The van der Waals surface area contributed by atoms with Gasteiger partial charge in [0.15, 0.2) is 0 Å². The number of rotatable bonds is 5. The lowest BCUT2D eigenvalue weighted by molar-refractivity contribution is -0.145. The van der Waals surface area contributed by atoms with Gasteiger partial charge in [-0.15, -0.1) is 0 Å². The molecular weight excluding hydrogens is 252 g/mol. The fraction of sp³-hybridized carbons (Fsp3) is 0.588. The first-order valence-electron chi connectivity index (χ1n) is 7.44. The molecule has 0 amide bonds. The summed E-state index contributed by atoms with van der Waals surface area (Å²) in [6.45, 7) is 2.04. The molecule has 0 aliphatic heterocycles. The zero-order chi connectivity index (χ0) is 14.6. The largest absolute Gasteiger partial charge is 0.481 e. The van der Waals surface area contributed by atoms with Gasteiger partial charge in [0.05, 0.1) is 11.5 Å². The van der Waals surface area contributed by atoms with Gasteiger partial charge in [0, 0.05) is 7.11 Å². The Morgan fingerprint density at radius 1 is 1.25 bits per heavy atom. The van der Waals surface area contributed by atoms with Gasteiger partial charge in [-0.1, -0.05) is 43.5 Å². The highest BCUT2D eigenvalue weighted by Crippen LogP contribution is 2.39. The van der Waals surface area contributed by atoms with Gasteiger partial charge < -0.3 is 9.84 Å². The summed E-state index contributed by atoms with van der Waals surface area (Å²) in [4.78, 5) is 11.8. The fourth-order valence-corrected chi connectivity index (χ4v) is 3.16. The minimum atomic E-state index is -0.671. The highest BCUT2D eigenvalue weighted by atomic mass is 16.5. The molecule has 1 N–H and O–H groups in total. The smallest absolute Gasteiger partial charge is 0.314 e. The Morgan fingerprint density at radius 2 is 1.85 bits per heavy atom. The molecule has 0 saturated heterocycles. The van der Waals surface area contributed by atoms with Crippen LogP contribution in [-0.4, -0.2) is 24.3 Å². The molecule has 1 aliphatic carbocycles. The third-order valence-electron chi connectivity index (χ3n) is 4.55. The van der Waals surface area contributed by atoms with E-state index in [9.17, 15) is 9.90 Å². The average molecular weight is 276 g/mol. The highest BCUT2D eigenvalue weighted by Gasteiger charge is 2.41. The number of benzene rings is 1. The normalized spacial score (nSPS) is 19.5. The first-order valence-corrected chi connectivity index (χ1v) is 7.44. The van der Waals surface area contributed by atoms with Crippen molar-refractivity contribution in [2.45, 2.75) is 57.0 Å². The fourth-order valence-electron chi connectivity index (χ4n) is 3.16. The zero-order valence-electron chi connectivity index (χ0n) is 12.4. The Labute approximate surface area is 121 Å². The number of methoxy groups -OCH3 is 1. The monoisotopic (exact) mass is 276 g/mol. The molecule has 1 aromatic rings. The molecule has 2 rings (SSSR count). The van der Waals surface area contributed by atoms with Crippen molar-refractivity contribution in [1.82, 2.24) is 0 Å². The predicted molar refractivity (Wildman–Crippen MR) is 79.0 cm³/mol. The summed E-state index contributed by atoms with van der Waals surface area (Å²) in [7, 11) is 1.71. The van der Waals surface area contributed by atoms with Crippen LogP contribution in [0, 0.1) is 0 Å². The summed E-state index contributed by atoms with van der Waals surface area (Å²) in [6.07, 6.45) is 5.73. The van der Waals surface area contributed by atoms with E-state index in [1.165, 1.54) is 5.56 Å². The molecular formula is C17H24O3. The van der Waals surface area contributed by atoms with E-state index < -0.39 is 11.4 Å². The van der Waals surface area contributed by atoms with Crippen LogP contribution < -0.4 is 0 Å². The van der Waals surface area contributed by atoms with Gasteiger partial charge in [-0.05, 0) is 37.3 Å². The van der Waals surface area contributed by atoms with E-state index in [-0.39, 0.29) is 6.10 Å². The molecule has 0 bridgehead atoms. The van der Waals surface area contributed by atoms with Crippen molar-refractivity contribution in [3.05, 3.63) is 35.4 Å². The van der Waals surface area contributed by atoms with Crippen LogP contribution in [0.4, 0.5) is 0 Å². The Kier molecular flexibility index (Phi) is 4.81. The van der Waals surface area contributed by atoms with E-state index in [1.54, 1.807) is 7.11 Å². The number of hydrogen-bond acceptors (Lipinski definition) is 2. The van der Waals surface area contributed by atoms with Gasteiger partial charge in [0.1, 0.15) is 0 Å². The minimum absolute atomic E-state index is 0.184. The maximum absolute atomic E-state index is 11.8. The number of carboxylic acid groups (broad SMARTS) is 1. The van der Waals surface area contributed by atoms with E-state index in [1.807, 2.05) is 31.2 Å². The molecule has 0 heterocycles. The highest BCUT2D eigenvalue weighted by molar-refractivity contribution is 5.81. The standard InChI is InChI=1S/C17H24O3/c1-13(20-2)12-14-6-8-15(9-7-14)17(16(18)19)10-4-3-5-11-17/h6-9,13H,3-5,10-12H2,1-2H3,(H,18,19). The van der Waals surface area contributed by atoms with E-state index in [0.717, 1.165) is 44.1 Å². The molecule has 1 aliphatic rings. The van der Waals surface area contributed by atoms with Gasteiger partial charge in [0.25, 0.3) is 0 Å². The summed E-state index contributed by atoms with van der Waals surface area (Å²) in [5.41, 5.74) is 1.49. The van der Waals surface area contributed by atoms with E-state index in [0.29, 0.717) is 0 Å². The molecule has 0 spiro atoms. The number of carbonyl (C=O) groups is 1. The molecule has 1 atom stereocenters. The van der Waals surface area contributed by atoms with Gasteiger partial charge in [-0.2, -0.15) is 0 Å². The summed E-state index contributed by atoms with van der Waals surface area (Å²) < 4.78 is 5.26. The molecule has 1 saturated carbocycles. The lowest BCUT2D eigenvalue weighted by Crippen LogP contribution is -2.37. The molecule has 1 aromatic carbocycles. The van der Waals surface area contributed by atoms with Crippen LogP contribution in [0.1, 0.15) is 50.2 Å². The van der Waals surface area contributed by atoms with Gasteiger partial charge in [0.2, 0.25) is 0 Å². The third-order valence-corrected chi connectivity index (χ3v) is 4.55. The SMILES string of the molecule is COC(C)Cc1ccc(C2(C(=O)O)CCCCC2)cc1. The molecule has 1 unspecified atom stereocenters. The number of hydrogen-bond donors (Lipinski definition) is 1. The van der Waals surface area contributed by atoms with Gasteiger partial charge >= 0.3 is 5.97 Å². The van der Waals surface area contributed by atoms with Crippen LogP contribution in [0.2, 0.25) is 0 Å². The van der Waals surface area contributed by atoms with Gasteiger partial charge in [-0.25, -0.2) is 0 Å². The van der Waals surface area contributed by atoms with Gasteiger partial charge in [-0.3, -0.25) is 4.79 Å². The Morgan fingerprint density at radius 3 is 2.35 bits per heavy atom. The summed E-state index contributed by atoms with van der Waals surface area (Å²) in [5.74, 6) is -0.671. The zero-order valence-corrected chi connectivity index (χ0v) is 12.4. The van der Waals surface area contributed by atoms with Crippen molar-refractivity contribution < 1.29 is 14.6 Å². The van der Waals surface area contributed by atoms with Crippen LogP contribution in [0.15, 0.2) is 24.3 Å². The van der Waals surface area contributed by atoms with E-state index in [4.69, 9.17) is 4.74 Å². The van der Waals surface area contributed by atoms with E-state index in [2.05, 4.69) is 0 Å². The maximum Gasteiger partial charge on any atom is 0.314 e. The van der Waals surface area contributed by atoms with Crippen LogP contribution in [-0.2, 0) is 21.4 Å². The van der Waals surface area contributed by atoms with Crippen molar-refractivity contribution >= 4 is 5.97 Å². The predicted octanol–water partition coefficient (Wildman–Crippen LogP) is 3.55. The topological polar surface area (TPSA) is 46.5 Å². The van der Waals surface area contributed by atoms with Crippen LogP contribution in [0.25, 0.3) is 0 Å². The minimum Gasteiger partial charge on any atom is -0.481 e.